The molecule has 1 amide bonds. The molecule has 64 valence electrons. The molecule has 0 fully saturated rings. The van der Waals surface area contributed by atoms with Crippen LogP contribution in [-0.4, -0.2) is 36.3 Å². The van der Waals surface area contributed by atoms with Gasteiger partial charge in [0.15, 0.2) is 0 Å². The van der Waals surface area contributed by atoms with E-state index in [-0.39, 0.29) is 0 Å². The lowest BCUT2D eigenvalue weighted by Crippen LogP contribution is -2.33. The molecule has 0 spiro atoms. The topological polar surface area (TPSA) is 66.8 Å². The molecule has 11 heavy (non-hydrogen) atoms. The Bertz CT molecular complexity index is 166. The van der Waals surface area contributed by atoms with Crippen LogP contribution in [0, 0.1) is 5.92 Å². The Hall–Kier alpha value is -1.10. The van der Waals surface area contributed by atoms with Crippen LogP contribution >= 0.6 is 0 Å². The number of esters is 1. The van der Waals surface area contributed by atoms with Crippen LogP contribution in [0.4, 0.5) is 0 Å². The second-order valence-corrected chi connectivity index (χ2v) is 2.11. The van der Waals surface area contributed by atoms with E-state index in [0.717, 1.165) is 7.05 Å². The number of nitrogens with zero attached hydrogens (tertiary/aromatic N) is 1. The summed E-state index contributed by atoms with van der Waals surface area (Å²) in [4.78, 5) is 21.5. The Kier molecular flexibility index (Phi) is 3.53. The quantitative estimate of drug-likeness (QED) is 0.260. The van der Waals surface area contributed by atoms with Gasteiger partial charge in [-0.2, -0.15) is 0 Å². The SMILES string of the molecule is COC(=O)C(C)C(=O)N(C)O. The summed E-state index contributed by atoms with van der Waals surface area (Å²) in [5.41, 5.74) is 0. The number of carbonyl (C=O) groups is 2. The maximum Gasteiger partial charge on any atom is 0.318 e. The molecule has 0 heterocycles. The number of rotatable bonds is 2. The van der Waals surface area contributed by atoms with Crippen molar-refractivity contribution in [3.63, 3.8) is 0 Å². The van der Waals surface area contributed by atoms with Crippen LogP contribution in [0.3, 0.4) is 0 Å². The van der Waals surface area contributed by atoms with E-state index in [1.54, 1.807) is 0 Å². The average molecular weight is 161 g/mol. The molecule has 0 aliphatic heterocycles. The highest BCUT2D eigenvalue weighted by molar-refractivity contribution is 5.96. The van der Waals surface area contributed by atoms with Crippen LogP contribution < -0.4 is 0 Å². The van der Waals surface area contributed by atoms with Gasteiger partial charge < -0.3 is 4.74 Å². The zero-order chi connectivity index (χ0) is 9.02. The maximum atomic E-state index is 10.8. The number of carbonyl (C=O) groups excluding carboxylic acids is 2. The summed E-state index contributed by atoms with van der Waals surface area (Å²) >= 11 is 0. The summed E-state index contributed by atoms with van der Waals surface area (Å²) in [5, 5.41) is 8.97. The first-order valence-corrected chi connectivity index (χ1v) is 3.05. The number of amides is 1. The predicted octanol–water partition coefficient (Wildman–Crippen LogP) is -0.357. The van der Waals surface area contributed by atoms with Crippen LogP contribution in [0.15, 0.2) is 0 Å². The highest BCUT2D eigenvalue weighted by Crippen LogP contribution is 2.00. The van der Waals surface area contributed by atoms with Crippen molar-refractivity contribution >= 4 is 11.9 Å². The summed E-state index contributed by atoms with van der Waals surface area (Å²) in [6.07, 6.45) is 0. The molecule has 0 aliphatic carbocycles. The van der Waals surface area contributed by atoms with E-state index in [1.165, 1.54) is 14.0 Å². The summed E-state index contributed by atoms with van der Waals surface area (Å²) in [6, 6.07) is 0. The molecule has 0 saturated heterocycles. The van der Waals surface area contributed by atoms with Gasteiger partial charge in [-0.1, -0.05) is 0 Å². The molecule has 1 unspecified atom stereocenters. The third kappa shape index (κ3) is 2.55. The molecule has 0 aromatic heterocycles. The van der Waals surface area contributed by atoms with Crippen molar-refractivity contribution in [3.8, 4) is 0 Å². The summed E-state index contributed by atoms with van der Waals surface area (Å²) < 4.78 is 4.29. The first kappa shape index (κ1) is 9.90. The molecule has 5 heteroatoms. The second-order valence-electron chi connectivity index (χ2n) is 2.11. The Balaban J connectivity index is 4.13. The van der Waals surface area contributed by atoms with Gasteiger partial charge in [0.25, 0.3) is 5.91 Å². The molecule has 0 aromatic carbocycles. The summed E-state index contributed by atoms with van der Waals surface area (Å²) in [5.74, 6) is -2.29. The number of methoxy groups -OCH3 is 1. The molecule has 5 nitrogen and oxygen atoms in total. The molecule has 0 bridgehead atoms. The van der Waals surface area contributed by atoms with Crippen molar-refractivity contribution < 1.29 is 19.5 Å². The summed E-state index contributed by atoms with van der Waals surface area (Å²) in [6.45, 7) is 1.36. The fraction of sp³-hybridized carbons (Fsp3) is 0.667. The van der Waals surface area contributed by atoms with Gasteiger partial charge in [0.05, 0.1) is 7.11 Å². The monoisotopic (exact) mass is 161 g/mol. The lowest BCUT2D eigenvalue weighted by atomic mass is 10.2. The Morgan fingerprint density at radius 3 is 2.27 bits per heavy atom. The Labute approximate surface area is 64.5 Å². The summed E-state index contributed by atoms with van der Waals surface area (Å²) in [7, 11) is 2.34. The predicted molar refractivity (Wildman–Crippen MR) is 35.7 cm³/mol. The van der Waals surface area contributed by atoms with E-state index in [4.69, 9.17) is 5.21 Å². The normalized spacial score (nSPS) is 12.0. The maximum absolute atomic E-state index is 10.8. The van der Waals surface area contributed by atoms with E-state index < -0.39 is 17.8 Å². The van der Waals surface area contributed by atoms with Crippen LogP contribution in [0.2, 0.25) is 0 Å². The van der Waals surface area contributed by atoms with Gasteiger partial charge in [-0.05, 0) is 6.92 Å². The first-order valence-electron chi connectivity index (χ1n) is 3.05. The largest absolute Gasteiger partial charge is 0.468 e. The van der Waals surface area contributed by atoms with Gasteiger partial charge in [-0.15, -0.1) is 0 Å². The van der Waals surface area contributed by atoms with Gasteiger partial charge in [0.1, 0.15) is 5.92 Å². The van der Waals surface area contributed by atoms with Crippen LogP contribution in [0.1, 0.15) is 6.92 Å². The molecule has 0 rings (SSSR count). The lowest BCUT2D eigenvalue weighted by molar-refractivity contribution is -0.170. The van der Waals surface area contributed by atoms with Crippen molar-refractivity contribution in [3.05, 3.63) is 0 Å². The molecule has 0 aliphatic rings. The van der Waals surface area contributed by atoms with Crippen LogP contribution in [0.25, 0.3) is 0 Å². The fourth-order valence-corrected chi connectivity index (χ4v) is 0.558. The van der Waals surface area contributed by atoms with Gasteiger partial charge in [0.2, 0.25) is 0 Å². The molecule has 0 radical (unpaired) electrons. The standard InChI is InChI=1S/C6H11NO4/c1-4(6(9)11-3)5(8)7(2)10/h4,10H,1-3H3. The van der Waals surface area contributed by atoms with E-state index in [0.29, 0.717) is 5.06 Å². The zero-order valence-corrected chi connectivity index (χ0v) is 6.70. The van der Waals surface area contributed by atoms with Crippen molar-refractivity contribution in [1.82, 2.24) is 5.06 Å². The molecule has 0 saturated carbocycles. The zero-order valence-electron chi connectivity index (χ0n) is 6.70. The average Bonchev–Trinajstić information content (AvgIpc) is 2.00. The third-order valence-electron chi connectivity index (χ3n) is 1.24. The van der Waals surface area contributed by atoms with Crippen LogP contribution in [0.5, 0.6) is 0 Å². The minimum atomic E-state index is -0.949. The minimum absolute atomic E-state index is 0.363. The van der Waals surface area contributed by atoms with Gasteiger partial charge in [0, 0.05) is 7.05 Å². The van der Waals surface area contributed by atoms with Gasteiger partial charge in [-0.25, -0.2) is 5.06 Å². The Morgan fingerprint density at radius 2 is 2.00 bits per heavy atom. The first-order chi connectivity index (χ1) is 5.00. The van der Waals surface area contributed by atoms with E-state index in [9.17, 15) is 9.59 Å². The number of hydrogen-bond donors (Lipinski definition) is 1. The van der Waals surface area contributed by atoms with Crippen molar-refractivity contribution in [2.24, 2.45) is 5.92 Å². The van der Waals surface area contributed by atoms with Crippen LogP contribution in [-0.2, 0) is 14.3 Å². The molecule has 1 atom stereocenters. The van der Waals surface area contributed by atoms with E-state index >= 15 is 0 Å². The van der Waals surface area contributed by atoms with Crippen molar-refractivity contribution in [1.29, 1.82) is 0 Å². The molecule has 0 aromatic rings. The van der Waals surface area contributed by atoms with Crippen molar-refractivity contribution in [2.45, 2.75) is 6.92 Å². The molecular weight excluding hydrogens is 150 g/mol. The lowest BCUT2D eigenvalue weighted by Gasteiger charge is -2.12. The highest BCUT2D eigenvalue weighted by atomic mass is 16.5. The molecule has 1 N–H and O–H groups in total. The van der Waals surface area contributed by atoms with Gasteiger partial charge in [-0.3, -0.25) is 14.8 Å². The number of hydroxylamine groups is 2. The minimum Gasteiger partial charge on any atom is -0.468 e. The van der Waals surface area contributed by atoms with E-state index in [2.05, 4.69) is 4.74 Å². The Morgan fingerprint density at radius 1 is 1.55 bits per heavy atom. The number of hydrogen-bond acceptors (Lipinski definition) is 4. The smallest absolute Gasteiger partial charge is 0.318 e. The van der Waals surface area contributed by atoms with Gasteiger partial charge >= 0.3 is 5.97 Å². The van der Waals surface area contributed by atoms with E-state index in [1.807, 2.05) is 0 Å². The second kappa shape index (κ2) is 3.92. The third-order valence-corrected chi connectivity index (χ3v) is 1.24. The van der Waals surface area contributed by atoms with Crippen molar-refractivity contribution in [2.75, 3.05) is 14.2 Å². The molecular formula is C6H11NO4. The fourth-order valence-electron chi connectivity index (χ4n) is 0.558. The highest BCUT2D eigenvalue weighted by Gasteiger charge is 2.24. The number of ether oxygens (including phenoxy) is 1.